The lowest BCUT2D eigenvalue weighted by molar-refractivity contribution is -0.133. The molecule has 6 heteroatoms. The van der Waals surface area contributed by atoms with Crippen molar-refractivity contribution in [3.63, 3.8) is 0 Å². The molecule has 0 N–H and O–H groups in total. The second kappa shape index (κ2) is 8.63. The van der Waals surface area contributed by atoms with Crippen LogP contribution >= 0.6 is 0 Å². The molecule has 2 aliphatic rings. The van der Waals surface area contributed by atoms with Gasteiger partial charge in [0.15, 0.2) is 0 Å². The largest absolute Gasteiger partial charge is 0.343 e. The Bertz CT molecular complexity index is 728. The zero-order valence-corrected chi connectivity index (χ0v) is 16.0. The molecule has 3 heterocycles. The van der Waals surface area contributed by atoms with Gasteiger partial charge in [-0.25, -0.2) is 4.68 Å². The van der Waals surface area contributed by atoms with Crippen LogP contribution < -0.4 is 0 Å². The quantitative estimate of drug-likeness (QED) is 0.770. The average molecular weight is 367 g/mol. The number of likely N-dealkylation sites (tertiary alicyclic amines) is 1. The standard InChI is InChI=1S/C21H29N5O/c27-21(14-17-6-3-1-2-4-7-17)25-12-9-19(10-13-25)26-16-20(23-24-26)18-8-5-11-22-15-18/h5,8,11,15-17,19H,1-4,6-7,9-10,12-14H2. The van der Waals surface area contributed by atoms with Crippen LogP contribution in [0.1, 0.15) is 63.8 Å². The number of aromatic nitrogens is 4. The number of piperidine rings is 1. The Morgan fingerprint density at radius 2 is 1.85 bits per heavy atom. The molecule has 0 unspecified atom stereocenters. The molecule has 2 fully saturated rings. The van der Waals surface area contributed by atoms with Crippen molar-refractivity contribution < 1.29 is 4.79 Å². The van der Waals surface area contributed by atoms with E-state index in [4.69, 9.17) is 0 Å². The van der Waals surface area contributed by atoms with Crippen molar-refractivity contribution in [3.05, 3.63) is 30.7 Å². The number of hydrogen-bond donors (Lipinski definition) is 0. The summed E-state index contributed by atoms with van der Waals surface area (Å²) < 4.78 is 1.97. The number of carbonyl (C=O) groups is 1. The molecule has 0 radical (unpaired) electrons. The summed E-state index contributed by atoms with van der Waals surface area (Å²) >= 11 is 0. The highest BCUT2D eigenvalue weighted by molar-refractivity contribution is 5.76. The molecular formula is C21H29N5O. The molecule has 4 rings (SSSR count). The van der Waals surface area contributed by atoms with Gasteiger partial charge in [-0.2, -0.15) is 0 Å². The van der Waals surface area contributed by atoms with E-state index >= 15 is 0 Å². The molecule has 2 aromatic rings. The van der Waals surface area contributed by atoms with Gasteiger partial charge in [0.05, 0.1) is 12.2 Å². The molecular weight excluding hydrogens is 338 g/mol. The molecule has 0 spiro atoms. The predicted molar refractivity (Wildman–Crippen MR) is 104 cm³/mol. The van der Waals surface area contributed by atoms with E-state index in [9.17, 15) is 4.79 Å². The summed E-state index contributed by atoms with van der Waals surface area (Å²) in [6.07, 6.45) is 16.0. The smallest absolute Gasteiger partial charge is 0.222 e. The first kappa shape index (κ1) is 18.1. The van der Waals surface area contributed by atoms with Crippen LogP contribution in [0.15, 0.2) is 30.7 Å². The van der Waals surface area contributed by atoms with Crippen LogP contribution in [-0.2, 0) is 4.79 Å². The third kappa shape index (κ3) is 4.54. The Kier molecular flexibility index (Phi) is 5.80. The summed E-state index contributed by atoms with van der Waals surface area (Å²) in [7, 11) is 0. The average Bonchev–Trinajstić information content (AvgIpc) is 3.08. The number of rotatable bonds is 4. The van der Waals surface area contributed by atoms with E-state index in [0.717, 1.165) is 43.6 Å². The van der Waals surface area contributed by atoms with Gasteiger partial charge in [0.1, 0.15) is 5.69 Å². The van der Waals surface area contributed by atoms with Crippen molar-refractivity contribution >= 4 is 5.91 Å². The maximum absolute atomic E-state index is 12.7. The van der Waals surface area contributed by atoms with E-state index in [1.54, 1.807) is 6.20 Å². The third-order valence-electron chi connectivity index (χ3n) is 6.10. The Hall–Kier alpha value is -2.24. The van der Waals surface area contributed by atoms with Gasteiger partial charge < -0.3 is 4.90 Å². The Morgan fingerprint density at radius 1 is 1.07 bits per heavy atom. The lowest BCUT2D eigenvalue weighted by Crippen LogP contribution is -2.39. The normalized spacial score (nSPS) is 19.8. The molecule has 1 saturated carbocycles. The minimum absolute atomic E-state index is 0.324. The van der Waals surface area contributed by atoms with E-state index in [2.05, 4.69) is 20.2 Å². The monoisotopic (exact) mass is 367 g/mol. The van der Waals surface area contributed by atoms with Crippen molar-refractivity contribution in [2.45, 2.75) is 63.8 Å². The first-order valence-corrected chi connectivity index (χ1v) is 10.4. The number of pyridine rings is 1. The van der Waals surface area contributed by atoms with Crippen molar-refractivity contribution in [1.82, 2.24) is 24.9 Å². The van der Waals surface area contributed by atoms with Crippen LogP contribution in [0.2, 0.25) is 0 Å². The molecule has 1 aliphatic heterocycles. The van der Waals surface area contributed by atoms with Crippen molar-refractivity contribution in [2.24, 2.45) is 5.92 Å². The van der Waals surface area contributed by atoms with Crippen LogP contribution in [0.4, 0.5) is 0 Å². The Morgan fingerprint density at radius 3 is 2.56 bits per heavy atom. The molecule has 6 nitrogen and oxygen atoms in total. The van der Waals surface area contributed by atoms with Gasteiger partial charge in [0.25, 0.3) is 0 Å². The molecule has 0 bridgehead atoms. The molecule has 0 atom stereocenters. The summed E-state index contributed by atoms with van der Waals surface area (Å²) in [5.41, 5.74) is 1.84. The zero-order valence-electron chi connectivity index (χ0n) is 16.0. The summed E-state index contributed by atoms with van der Waals surface area (Å²) in [4.78, 5) is 18.9. The van der Waals surface area contributed by atoms with Crippen molar-refractivity contribution in [1.29, 1.82) is 0 Å². The van der Waals surface area contributed by atoms with E-state index in [0.29, 0.717) is 17.9 Å². The number of amides is 1. The first-order valence-electron chi connectivity index (χ1n) is 10.4. The first-order chi connectivity index (χ1) is 13.3. The van der Waals surface area contributed by atoms with Crippen LogP contribution in [0, 0.1) is 5.92 Å². The minimum atomic E-state index is 0.324. The zero-order chi connectivity index (χ0) is 18.5. The summed E-state index contributed by atoms with van der Waals surface area (Å²) in [5.74, 6) is 0.963. The van der Waals surface area contributed by atoms with Gasteiger partial charge >= 0.3 is 0 Å². The van der Waals surface area contributed by atoms with Gasteiger partial charge in [-0.3, -0.25) is 9.78 Å². The van der Waals surface area contributed by atoms with E-state index in [1.165, 1.54) is 38.5 Å². The van der Waals surface area contributed by atoms with E-state index in [1.807, 2.05) is 29.2 Å². The van der Waals surface area contributed by atoms with Crippen LogP contribution in [0.5, 0.6) is 0 Å². The SMILES string of the molecule is O=C(CC1CCCCCC1)N1CCC(n2cc(-c3cccnc3)nn2)CC1. The fourth-order valence-corrected chi connectivity index (χ4v) is 4.43. The minimum Gasteiger partial charge on any atom is -0.343 e. The van der Waals surface area contributed by atoms with Crippen molar-refractivity contribution in [2.75, 3.05) is 13.1 Å². The Labute approximate surface area is 161 Å². The molecule has 144 valence electrons. The van der Waals surface area contributed by atoms with Crippen molar-refractivity contribution in [3.8, 4) is 11.3 Å². The lowest BCUT2D eigenvalue weighted by atomic mass is 9.95. The van der Waals surface area contributed by atoms with E-state index in [-0.39, 0.29) is 0 Å². The maximum atomic E-state index is 12.7. The second-order valence-corrected chi connectivity index (χ2v) is 8.00. The summed E-state index contributed by atoms with van der Waals surface area (Å²) in [6, 6.07) is 4.23. The fraction of sp³-hybridized carbons (Fsp3) is 0.619. The van der Waals surface area contributed by atoms with Crippen LogP contribution in [-0.4, -0.2) is 43.9 Å². The van der Waals surface area contributed by atoms with Gasteiger partial charge in [-0.1, -0.05) is 30.9 Å². The van der Waals surface area contributed by atoms with E-state index < -0.39 is 0 Å². The highest BCUT2D eigenvalue weighted by atomic mass is 16.2. The maximum Gasteiger partial charge on any atom is 0.222 e. The molecule has 1 saturated heterocycles. The summed E-state index contributed by atoms with van der Waals surface area (Å²) in [6.45, 7) is 1.66. The lowest BCUT2D eigenvalue weighted by Gasteiger charge is -2.32. The molecule has 2 aromatic heterocycles. The van der Waals surface area contributed by atoms with Gasteiger partial charge in [-0.15, -0.1) is 5.10 Å². The highest BCUT2D eigenvalue weighted by Crippen LogP contribution is 2.28. The van der Waals surface area contributed by atoms with Gasteiger partial charge in [0, 0.05) is 37.5 Å². The fourth-order valence-electron chi connectivity index (χ4n) is 4.43. The molecule has 27 heavy (non-hydrogen) atoms. The van der Waals surface area contributed by atoms with Gasteiger partial charge in [-0.05, 0) is 43.7 Å². The summed E-state index contributed by atoms with van der Waals surface area (Å²) in [5, 5.41) is 8.62. The second-order valence-electron chi connectivity index (χ2n) is 8.00. The van der Waals surface area contributed by atoms with Crippen LogP contribution in [0.3, 0.4) is 0 Å². The van der Waals surface area contributed by atoms with Crippen LogP contribution in [0.25, 0.3) is 11.3 Å². The third-order valence-corrected chi connectivity index (χ3v) is 6.10. The topological polar surface area (TPSA) is 63.9 Å². The molecule has 1 amide bonds. The highest BCUT2D eigenvalue weighted by Gasteiger charge is 2.26. The molecule has 0 aromatic carbocycles. The number of hydrogen-bond acceptors (Lipinski definition) is 4. The number of nitrogens with zero attached hydrogens (tertiary/aromatic N) is 5. The van der Waals surface area contributed by atoms with Gasteiger partial charge in [0.2, 0.25) is 5.91 Å². The Balaban J connectivity index is 1.30. The predicted octanol–water partition coefficient (Wildman–Crippen LogP) is 3.86. The number of carbonyl (C=O) groups excluding carboxylic acids is 1. The molecule has 1 aliphatic carbocycles.